The van der Waals surface area contributed by atoms with Crippen LogP contribution in [0.3, 0.4) is 0 Å². The molecule has 1 fully saturated rings. The number of hydrogen-bond donors (Lipinski definition) is 0. The Morgan fingerprint density at radius 1 is 1.18 bits per heavy atom. The SMILES string of the molecule is COC(=O)c1c2n(c3ccccc13)Cc1ccc(Cl)cc1N1CCN(C)CC21. The van der Waals surface area contributed by atoms with E-state index in [4.69, 9.17) is 16.3 Å². The van der Waals surface area contributed by atoms with Gasteiger partial charge in [0.1, 0.15) is 0 Å². The Labute approximate surface area is 169 Å². The highest BCUT2D eigenvalue weighted by atomic mass is 35.5. The maximum Gasteiger partial charge on any atom is 0.340 e. The van der Waals surface area contributed by atoms with Gasteiger partial charge in [0, 0.05) is 47.8 Å². The smallest absolute Gasteiger partial charge is 0.340 e. The van der Waals surface area contributed by atoms with Crippen LogP contribution in [0.2, 0.25) is 5.02 Å². The highest BCUT2D eigenvalue weighted by Gasteiger charge is 2.37. The molecule has 1 saturated heterocycles. The van der Waals surface area contributed by atoms with Crippen molar-refractivity contribution in [2.75, 3.05) is 38.7 Å². The molecule has 0 saturated carbocycles. The zero-order chi connectivity index (χ0) is 19.4. The third kappa shape index (κ3) is 2.54. The zero-order valence-electron chi connectivity index (χ0n) is 16.0. The van der Waals surface area contributed by atoms with E-state index in [1.54, 1.807) is 0 Å². The van der Waals surface area contributed by atoms with Gasteiger partial charge in [0.15, 0.2) is 0 Å². The van der Waals surface area contributed by atoms with Crippen LogP contribution in [0.5, 0.6) is 0 Å². The van der Waals surface area contributed by atoms with Gasteiger partial charge in [-0.1, -0.05) is 35.9 Å². The van der Waals surface area contributed by atoms with Crippen LogP contribution in [-0.4, -0.2) is 49.2 Å². The van der Waals surface area contributed by atoms with Crippen LogP contribution in [0.25, 0.3) is 10.9 Å². The summed E-state index contributed by atoms with van der Waals surface area (Å²) in [6.07, 6.45) is 0. The number of carbonyl (C=O) groups excluding carboxylic acids is 1. The molecule has 5 nitrogen and oxygen atoms in total. The van der Waals surface area contributed by atoms with Crippen LogP contribution in [0.15, 0.2) is 42.5 Å². The van der Waals surface area contributed by atoms with E-state index >= 15 is 0 Å². The molecule has 2 aliphatic rings. The van der Waals surface area contributed by atoms with Crippen LogP contribution >= 0.6 is 11.6 Å². The molecule has 6 heteroatoms. The molecule has 0 aliphatic carbocycles. The Balaban J connectivity index is 1.84. The van der Waals surface area contributed by atoms with Gasteiger partial charge < -0.3 is 19.1 Å². The summed E-state index contributed by atoms with van der Waals surface area (Å²) >= 11 is 6.36. The van der Waals surface area contributed by atoms with Crippen LogP contribution < -0.4 is 4.90 Å². The van der Waals surface area contributed by atoms with Crippen molar-refractivity contribution < 1.29 is 9.53 Å². The number of benzene rings is 2. The number of aromatic nitrogens is 1. The van der Waals surface area contributed by atoms with E-state index in [2.05, 4.69) is 39.6 Å². The van der Waals surface area contributed by atoms with E-state index in [0.717, 1.165) is 46.9 Å². The first-order valence-corrected chi connectivity index (χ1v) is 9.89. The molecule has 0 bridgehead atoms. The molecule has 0 radical (unpaired) electrons. The molecule has 28 heavy (non-hydrogen) atoms. The fraction of sp³-hybridized carbons (Fsp3) is 0.318. The van der Waals surface area contributed by atoms with Crippen LogP contribution in [0.4, 0.5) is 5.69 Å². The van der Waals surface area contributed by atoms with Crippen molar-refractivity contribution in [1.29, 1.82) is 0 Å². The normalized spacial score (nSPS) is 19.0. The van der Waals surface area contributed by atoms with Gasteiger partial charge in [-0.25, -0.2) is 4.79 Å². The Morgan fingerprint density at radius 3 is 2.82 bits per heavy atom. The van der Waals surface area contributed by atoms with Crippen molar-refractivity contribution in [2.24, 2.45) is 0 Å². The molecular formula is C22H22ClN3O2. The lowest BCUT2D eigenvalue weighted by Crippen LogP contribution is -2.47. The number of esters is 1. The van der Waals surface area contributed by atoms with E-state index in [1.807, 2.05) is 24.3 Å². The number of halogens is 1. The first kappa shape index (κ1) is 17.6. The number of carbonyl (C=O) groups is 1. The minimum atomic E-state index is -0.276. The number of fused-ring (bicyclic) bond motifs is 7. The highest BCUT2D eigenvalue weighted by molar-refractivity contribution is 6.30. The van der Waals surface area contributed by atoms with E-state index in [9.17, 15) is 4.79 Å². The van der Waals surface area contributed by atoms with Gasteiger partial charge in [-0.2, -0.15) is 0 Å². The van der Waals surface area contributed by atoms with Crippen LogP contribution in [-0.2, 0) is 11.3 Å². The molecule has 2 aliphatic heterocycles. The van der Waals surface area contributed by atoms with Gasteiger partial charge in [0.2, 0.25) is 0 Å². The van der Waals surface area contributed by atoms with Gasteiger partial charge >= 0.3 is 5.97 Å². The van der Waals surface area contributed by atoms with Crippen molar-refractivity contribution in [3.05, 3.63) is 64.3 Å². The summed E-state index contributed by atoms with van der Waals surface area (Å²) in [5.41, 5.74) is 5.16. The van der Waals surface area contributed by atoms with Gasteiger partial charge in [-0.15, -0.1) is 0 Å². The summed E-state index contributed by atoms with van der Waals surface area (Å²) < 4.78 is 7.50. The fourth-order valence-corrected chi connectivity index (χ4v) is 4.87. The average molecular weight is 396 g/mol. The van der Waals surface area contributed by atoms with Crippen molar-refractivity contribution in [3.63, 3.8) is 0 Å². The number of para-hydroxylation sites is 1. The molecule has 1 aromatic heterocycles. The van der Waals surface area contributed by atoms with Gasteiger partial charge in [0.05, 0.1) is 24.4 Å². The first-order chi connectivity index (χ1) is 13.6. The van der Waals surface area contributed by atoms with E-state index < -0.39 is 0 Å². The molecule has 0 spiro atoms. The lowest BCUT2D eigenvalue weighted by atomic mass is 10.0. The van der Waals surface area contributed by atoms with Crippen molar-refractivity contribution in [1.82, 2.24) is 9.47 Å². The monoisotopic (exact) mass is 395 g/mol. The number of piperazine rings is 1. The van der Waals surface area contributed by atoms with Crippen LogP contribution in [0, 0.1) is 0 Å². The molecule has 3 heterocycles. The Hall–Kier alpha value is -2.50. The summed E-state index contributed by atoms with van der Waals surface area (Å²) in [6, 6.07) is 14.3. The van der Waals surface area contributed by atoms with E-state index in [-0.39, 0.29) is 12.0 Å². The third-order valence-electron chi connectivity index (χ3n) is 5.98. The van der Waals surface area contributed by atoms with E-state index in [1.165, 1.54) is 12.7 Å². The largest absolute Gasteiger partial charge is 0.465 e. The third-order valence-corrected chi connectivity index (χ3v) is 6.22. The maximum atomic E-state index is 12.9. The maximum absolute atomic E-state index is 12.9. The standard InChI is InChI=1S/C22H22ClN3O2/c1-24-9-10-25-18-11-15(23)8-7-14(18)12-26-17-6-4-3-5-16(17)20(22(27)28-2)21(26)19(25)13-24/h3-8,11,19H,9-10,12-13H2,1-2H3. The fourth-order valence-electron chi connectivity index (χ4n) is 4.71. The van der Waals surface area contributed by atoms with E-state index in [0.29, 0.717) is 12.1 Å². The molecular weight excluding hydrogens is 374 g/mol. The van der Waals surface area contributed by atoms with Crippen molar-refractivity contribution in [3.8, 4) is 0 Å². The summed E-state index contributed by atoms with van der Waals surface area (Å²) in [5, 5.41) is 1.69. The zero-order valence-corrected chi connectivity index (χ0v) is 16.7. The Morgan fingerprint density at radius 2 is 2.00 bits per heavy atom. The summed E-state index contributed by atoms with van der Waals surface area (Å²) in [5.74, 6) is -0.276. The second kappa shape index (κ2) is 6.54. The first-order valence-electron chi connectivity index (χ1n) is 9.51. The Bertz CT molecular complexity index is 1090. The summed E-state index contributed by atoms with van der Waals surface area (Å²) in [6.45, 7) is 3.40. The predicted molar refractivity (Wildman–Crippen MR) is 111 cm³/mol. The number of nitrogens with zero attached hydrogens (tertiary/aromatic N) is 3. The topological polar surface area (TPSA) is 37.7 Å². The lowest BCUT2D eigenvalue weighted by molar-refractivity contribution is 0.0600. The van der Waals surface area contributed by atoms with Gasteiger partial charge in [-0.3, -0.25) is 0 Å². The minimum absolute atomic E-state index is 0.0555. The number of likely N-dealkylation sites (N-methyl/N-ethyl adjacent to an activating group) is 1. The van der Waals surface area contributed by atoms with Crippen molar-refractivity contribution >= 4 is 34.2 Å². The predicted octanol–water partition coefficient (Wildman–Crippen LogP) is 3.94. The minimum Gasteiger partial charge on any atom is -0.465 e. The molecule has 0 N–H and O–H groups in total. The molecule has 2 aromatic carbocycles. The van der Waals surface area contributed by atoms with Crippen molar-refractivity contribution in [2.45, 2.75) is 12.6 Å². The van der Waals surface area contributed by atoms with Gasteiger partial charge in [-0.05, 0) is 30.8 Å². The van der Waals surface area contributed by atoms with Crippen LogP contribution in [0.1, 0.15) is 27.7 Å². The number of ether oxygens (including phenoxy) is 1. The number of hydrogen-bond acceptors (Lipinski definition) is 4. The second-order valence-corrected chi connectivity index (χ2v) is 8.04. The number of methoxy groups -OCH3 is 1. The average Bonchev–Trinajstić information content (AvgIpc) is 2.96. The number of anilines is 1. The molecule has 144 valence electrons. The molecule has 1 atom stereocenters. The number of rotatable bonds is 1. The second-order valence-electron chi connectivity index (χ2n) is 7.60. The molecule has 3 aromatic rings. The van der Waals surface area contributed by atoms with Gasteiger partial charge in [0.25, 0.3) is 0 Å². The summed E-state index contributed by atoms with van der Waals surface area (Å²) in [7, 11) is 3.59. The lowest BCUT2D eigenvalue weighted by Gasteiger charge is -2.41. The quantitative estimate of drug-likeness (QED) is 0.585. The Kier molecular flexibility index (Phi) is 4.11. The molecule has 0 amide bonds. The summed E-state index contributed by atoms with van der Waals surface area (Å²) in [4.78, 5) is 17.6. The highest BCUT2D eigenvalue weighted by Crippen LogP contribution is 2.42. The molecule has 1 unspecified atom stereocenters. The molecule has 5 rings (SSSR count).